The van der Waals surface area contributed by atoms with Crippen molar-refractivity contribution in [2.45, 2.75) is 39.8 Å². The maximum Gasteiger partial charge on any atom is 0.138 e. The van der Waals surface area contributed by atoms with Gasteiger partial charge in [-0.05, 0) is 51.0 Å². The molecule has 0 radical (unpaired) electrons. The van der Waals surface area contributed by atoms with E-state index in [0.717, 1.165) is 17.7 Å². The van der Waals surface area contributed by atoms with Crippen LogP contribution in [0.25, 0.3) is 0 Å². The van der Waals surface area contributed by atoms with Crippen LogP contribution in [0.3, 0.4) is 0 Å². The number of ether oxygens (including phenoxy) is 1. The normalized spacial score (nSPS) is 11.4. The van der Waals surface area contributed by atoms with Crippen LogP contribution in [-0.2, 0) is 6.54 Å². The Labute approximate surface area is 115 Å². The Hall–Kier alpha value is -0.990. The van der Waals surface area contributed by atoms with Crippen molar-refractivity contribution in [2.75, 3.05) is 6.61 Å². The summed E-state index contributed by atoms with van der Waals surface area (Å²) in [5.74, 6) is 0.708. The summed E-state index contributed by atoms with van der Waals surface area (Å²) in [7, 11) is 0. The van der Waals surface area contributed by atoms with Crippen LogP contribution in [0, 0.1) is 0 Å². The number of rotatable bonds is 5. The molecule has 0 aliphatic carbocycles. The molecule has 100 valence electrons. The molecule has 0 spiro atoms. The van der Waals surface area contributed by atoms with Gasteiger partial charge in [-0.15, -0.1) is 0 Å². The standard InChI is InChI=1S/C15H22ClNO/c1-11(2)10-18-14-7-6-12(8-13(14)16)9-17-15(3,4)5/h6-8,17H,1,9-10H2,2-5H3. The first-order valence-corrected chi connectivity index (χ1v) is 6.46. The highest BCUT2D eigenvalue weighted by molar-refractivity contribution is 6.32. The Morgan fingerprint density at radius 3 is 2.56 bits per heavy atom. The van der Waals surface area contributed by atoms with E-state index in [-0.39, 0.29) is 5.54 Å². The molecular formula is C15H22ClNO. The summed E-state index contributed by atoms with van der Waals surface area (Å²) in [4.78, 5) is 0. The molecule has 1 aromatic rings. The van der Waals surface area contributed by atoms with E-state index in [2.05, 4.69) is 32.7 Å². The molecule has 0 aromatic heterocycles. The molecule has 0 fully saturated rings. The fourth-order valence-electron chi connectivity index (χ4n) is 1.34. The molecule has 0 aliphatic rings. The minimum absolute atomic E-state index is 0.0988. The van der Waals surface area contributed by atoms with Crippen molar-refractivity contribution in [3.63, 3.8) is 0 Å². The van der Waals surface area contributed by atoms with E-state index in [9.17, 15) is 0 Å². The number of hydrogen-bond donors (Lipinski definition) is 1. The van der Waals surface area contributed by atoms with Crippen LogP contribution in [0.2, 0.25) is 5.02 Å². The van der Waals surface area contributed by atoms with E-state index < -0.39 is 0 Å². The lowest BCUT2D eigenvalue weighted by Gasteiger charge is -2.20. The van der Waals surface area contributed by atoms with Crippen molar-refractivity contribution in [3.05, 3.63) is 40.9 Å². The first-order valence-electron chi connectivity index (χ1n) is 6.08. The second kappa shape index (κ2) is 6.26. The Balaban J connectivity index is 2.64. The summed E-state index contributed by atoms with van der Waals surface area (Å²) in [5, 5.41) is 4.06. The molecular weight excluding hydrogens is 246 g/mol. The second-order valence-corrected chi connectivity index (χ2v) is 6.02. The molecule has 3 heteroatoms. The predicted octanol–water partition coefficient (Wildman–Crippen LogP) is 4.18. The summed E-state index contributed by atoms with van der Waals surface area (Å²) >= 11 is 6.18. The van der Waals surface area contributed by atoms with Gasteiger partial charge in [-0.25, -0.2) is 0 Å². The summed E-state index contributed by atoms with van der Waals surface area (Å²) in [6.07, 6.45) is 0. The number of nitrogens with one attached hydrogen (secondary N) is 1. The highest BCUT2D eigenvalue weighted by Crippen LogP contribution is 2.26. The molecule has 0 atom stereocenters. The third kappa shape index (κ3) is 5.56. The van der Waals surface area contributed by atoms with Gasteiger partial charge in [0.2, 0.25) is 0 Å². The zero-order valence-electron chi connectivity index (χ0n) is 11.6. The monoisotopic (exact) mass is 267 g/mol. The molecule has 1 aromatic carbocycles. The van der Waals surface area contributed by atoms with E-state index in [0.29, 0.717) is 17.4 Å². The van der Waals surface area contributed by atoms with E-state index in [1.807, 2.05) is 25.1 Å². The number of hydrogen-bond acceptors (Lipinski definition) is 2. The van der Waals surface area contributed by atoms with Gasteiger partial charge in [0.05, 0.1) is 5.02 Å². The molecule has 0 saturated carbocycles. The van der Waals surface area contributed by atoms with Gasteiger partial charge >= 0.3 is 0 Å². The molecule has 2 nitrogen and oxygen atoms in total. The minimum Gasteiger partial charge on any atom is -0.488 e. The van der Waals surface area contributed by atoms with Crippen LogP contribution in [-0.4, -0.2) is 12.1 Å². The van der Waals surface area contributed by atoms with Gasteiger partial charge in [-0.1, -0.05) is 24.2 Å². The summed E-state index contributed by atoms with van der Waals surface area (Å²) in [6, 6.07) is 5.87. The lowest BCUT2D eigenvalue weighted by atomic mass is 10.1. The Kier molecular flexibility index (Phi) is 5.24. The fraction of sp³-hybridized carbons (Fsp3) is 0.467. The quantitative estimate of drug-likeness (QED) is 0.808. The Morgan fingerprint density at radius 1 is 1.39 bits per heavy atom. The van der Waals surface area contributed by atoms with Crippen molar-refractivity contribution >= 4 is 11.6 Å². The van der Waals surface area contributed by atoms with Gasteiger partial charge in [0.15, 0.2) is 0 Å². The molecule has 1 N–H and O–H groups in total. The molecule has 1 rings (SSSR count). The van der Waals surface area contributed by atoms with Gasteiger partial charge in [0.1, 0.15) is 12.4 Å². The molecule has 0 aliphatic heterocycles. The van der Waals surface area contributed by atoms with Gasteiger partial charge in [0.25, 0.3) is 0 Å². The van der Waals surface area contributed by atoms with Crippen molar-refractivity contribution in [1.82, 2.24) is 5.32 Å². The van der Waals surface area contributed by atoms with Crippen molar-refractivity contribution in [1.29, 1.82) is 0 Å². The van der Waals surface area contributed by atoms with E-state index in [1.54, 1.807) is 0 Å². The smallest absolute Gasteiger partial charge is 0.138 e. The Morgan fingerprint density at radius 2 is 2.06 bits per heavy atom. The van der Waals surface area contributed by atoms with Crippen molar-refractivity contribution in [2.24, 2.45) is 0 Å². The highest BCUT2D eigenvalue weighted by Gasteiger charge is 2.09. The first kappa shape index (κ1) is 15.1. The van der Waals surface area contributed by atoms with Gasteiger partial charge < -0.3 is 10.1 Å². The molecule has 0 amide bonds. The maximum atomic E-state index is 6.18. The summed E-state index contributed by atoms with van der Waals surface area (Å²) in [6.45, 7) is 13.4. The van der Waals surface area contributed by atoms with Crippen LogP contribution in [0.4, 0.5) is 0 Å². The first-order chi connectivity index (χ1) is 8.28. The van der Waals surface area contributed by atoms with Crippen LogP contribution in [0.5, 0.6) is 5.75 Å². The molecule has 0 unspecified atom stereocenters. The second-order valence-electron chi connectivity index (χ2n) is 5.61. The fourth-order valence-corrected chi connectivity index (χ4v) is 1.60. The SMILES string of the molecule is C=C(C)COc1ccc(CNC(C)(C)C)cc1Cl. The largest absolute Gasteiger partial charge is 0.488 e. The molecule has 0 heterocycles. The van der Waals surface area contributed by atoms with Crippen molar-refractivity contribution < 1.29 is 4.74 Å². The van der Waals surface area contributed by atoms with Gasteiger partial charge in [-0.2, -0.15) is 0 Å². The summed E-state index contributed by atoms with van der Waals surface area (Å²) < 4.78 is 5.55. The third-order valence-electron chi connectivity index (χ3n) is 2.29. The molecule has 0 saturated heterocycles. The Bertz CT molecular complexity index is 421. The zero-order chi connectivity index (χ0) is 13.8. The van der Waals surface area contributed by atoms with E-state index in [1.165, 1.54) is 0 Å². The van der Waals surface area contributed by atoms with Crippen LogP contribution in [0.15, 0.2) is 30.4 Å². The number of halogens is 1. The maximum absolute atomic E-state index is 6.18. The lowest BCUT2D eigenvalue weighted by Crippen LogP contribution is -2.35. The lowest BCUT2D eigenvalue weighted by molar-refractivity contribution is 0.352. The molecule has 18 heavy (non-hydrogen) atoms. The molecule has 0 bridgehead atoms. The van der Waals surface area contributed by atoms with E-state index in [4.69, 9.17) is 16.3 Å². The zero-order valence-corrected chi connectivity index (χ0v) is 12.4. The number of benzene rings is 1. The highest BCUT2D eigenvalue weighted by atomic mass is 35.5. The van der Waals surface area contributed by atoms with Crippen LogP contribution in [0.1, 0.15) is 33.3 Å². The van der Waals surface area contributed by atoms with Gasteiger partial charge in [-0.3, -0.25) is 0 Å². The van der Waals surface area contributed by atoms with Crippen LogP contribution < -0.4 is 10.1 Å². The summed E-state index contributed by atoms with van der Waals surface area (Å²) in [5.41, 5.74) is 2.23. The van der Waals surface area contributed by atoms with E-state index >= 15 is 0 Å². The van der Waals surface area contributed by atoms with Gasteiger partial charge in [0, 0.05) is 12.1 Å². The topological polar surface area (TPSA) is 21.3 Å². The average Bonchev–Trinajstić information content (AvgIpc) is 2.24. The average molecular weight is 268 g/mol. The minimum atomic E-state index is 0.0988. The van der Waals surface area contributed by atoms with Crippen molar-refractivity contribution in [3.8, 4) is 5.75 Å². The third-order valence-corrected chi connectivity index (χ3v) is 2.59. The van der Waals surface area contributed by atoms with Crippen LogP contribution >= 0.6 is 11.6 Å². The predicted molar refractivity (Wildman–Crippen MR) is 78.4 cm³/mol.